The minimum absolute atomic E-state index is 0.277. The van der Waals surface area contributed by atoms with E-state index in [-0.39, 0.29) is 6.10 Å². The van der Waals surface area contributed by atoms with E-state index in [1.54, 1.807) is 6.07 Å². The smallest absolute Gasteiger partial charge is 0.138 e. The molecule has 1 aromatic rings. The molecule has 1 aliphatic carbocycles. The van der Waals surface area contributed by atoms with Crippen molar-refractivity contribution < 1.29 is 4.74 Å². The zero-order chi connectivity index (χ0) is 12.1. The molecule has 90 valence electrons. The van der Waals surface area contributed by atoms with Crippen LogP contribution < -0.4 is 4.74 Å². The lowest BCUT2D eigenvalue weighted by atomic mass is 10.1. The molecule has 2 rings (SSSR count). The number of rotatable bonds is 2. The summed E-state index contributed by atoms with van der Waals surface area (Å²) in [6, 6.07) is 7.75. The van der Waals surface area contributed by atoms with Gasteiger partial charge in [-0.05, 0) is 43.9 Å². The van der Waals surface area contributed by atoms with E-state index in [1.807, 2.05) is 12.1 Å². The van der Waals surface area contributed by atoms with Gasteiger partial charge in [-0.2, -0.15) is 5.26 Å². The fraction of sp³-hybridized carbons (Fsp3) is 0.500. The van der Waals surface area contributed by atoms with Gasteiger partial charge in [0.15, 0.2) is 0 Å². The molecule has 1 saturated carbocycles. The first-order valence-electron chi connectivity index (χ1n) is 6.16. The Hall–Kier alpha value is -1.01. The molecule has 0 bridgehead atoms. The van der Waals surface area contributed by atoms with Crippen molar-refractivity contribution in [3.63, 3.8) is 0 Å². The van der Waals surface area contributed by atoms with Crippen molar-refractivity contribution in [2.45, 2.75) is 44.6 Å². The molecule has 0 heterocycles. The molecule has 1 fully saturated rings. The van der Waals surface area contributed by atoms with E-state index in [9.17, 15) is 0 Å². The van der Waals surface area contributed by atoms with Gasteiger partial charge < -0.3 is 4.74 Å². The molecule has 3 heteroatoms. The average Bonchev–Trinajstić information content (AvgIpc) is 2.58. The maximum Gasteiger partial charge on any atom is 0.138 e. The summed E-state index contributed by atoms with van der Waals surface area (Å²) < 4.78 is 6.94. The lowest BCUT2D eigenvalue weighted by molar-refractivity contribution is 0.183. The number of nitrogens with zero attached hydrogens (tertiary/aromatic N) is 1. The SMILES string of the molecule is N#Cc1ccc(Br)cc1OC1CCCCCC1. The summed E-state index contributed by atoms with van der Waals surface area (Å²) in [6.45, 7) is 0. The van der Waals surface area contributed by atoms with Crippen LogP contribution in [0.4, 0.5) is 0 Å². The Balaban J connectivity index is 2.11. The number of benzene rings is 1. The van der Waals surface area contributed by atoms with Crippen LogP contribution in [0, 0.1) is 11.3 Å². The Morgan fingerprint density at radius 2 is 1.88 bits per heavy atom. The minimum Gasteiger partial charge on any atom is -0.489 e. The first-order valence-corrected chi connectivity index (χ1v) is 6.95. The lowest BCUT2D eigenvalue weighted by Gasteiger charge is -2.17. The Morgan fingerprint density at radius 1 is 1.18 bits per heavy atom. The highest BCUT2D eigenvalue weighted by Gasteiger charge is 2.15. The second-order valence-electron chi connectivity index (χ2n) is 4.48. The maximum atomic E-state index is 9.05. The molecule has 0 amide bonds. The highest BCUT2D eigenvalue weighted by atomic mass is 79.9. The average molecular weight is 294 g/mol. The second kappa shape index (κ2) is 6.07. The Bertz CT molecular complexity index is 417. The largest absolute Gasteiger partial charge is 0.489 e. The molecule has 0 saturated heterocycles. The standard InChI is InChI=1S/C14H16BrNO/c15-12-8-7-11(10-16)14(9-12)17-13-5-3-1-2-4-6-13/h7-9,13H,1-6H2. The quantitative estimate of drug-likeness (QED) is 0.756. The van der Waals surface area contributed by atoms with Crippen LogP contribution in [0.15, 0.2) is 22.7 Å². The van der Waals surface area contributed by atoms with Gasteiger partial charge in [0.1, 0.15) is 11.8 Å². The number of hydrogen-bond acceptors (Lipinski definition) is 2. The molecule has 0 N–H and O–H groups in total. The third kappa shape index (κ3) is 3.47. The van der Waals surface area contributed by atoms with Crippen molar-refractivity contribution in [3.05, 3.63) is 28.2 Å². The number of hydrogen-bond donors (Lipinski definition) is 0. The van der Waals surface area contributed by atoms with Gasteiger partial charge in [-0.15, -0.1) is 0 Å². The molecule has 17 heavy (non-hydrogen) atoms. The summed E-state index contributed by atoms with van der Waals surface area (Å²) in [5.74, 6) is 0.716. The fourth-order valence-electron chi connectivity index (χ4n) is 2.23. The zero-order valence-corrected chi connectivity index (χ0v) is 11.4. The van der Waals surface area contributed by atoms with E-state index in [1.165, 1.54) is 25.7 Å². The number of halogens is 1. The van der Waals surface area contributed by atoms with Crippen molar-refractivity contribution in [2.24, 2.45) is 0 Å². The van der Waals surface area contributed by atoms with E-state index < -0.39 is 0 Å². The minimum atomic E-state index is 0.277. The van der Waals surface area contributed by atoms with Gasteiger partial charge in [0, 0.05) is 4.47 Å². The summed E-state index contributed by atoms with van der Waals surface area (Å²) in [4.78, 5) is 0. The Labute approximate surface area is 111 Å². The summed E-state index contributed by atoms with van der Waals surface area (Å²) in [6.07, 6.45) is 7.59. The van der Waals surface area contributed by atoms with Crippen LogP contribution in [0.1, 0.15) is 44.1 Å². The molecule has 0 aliphatic heterocycles. The maximum absolute atomic E-state index is 9.05. The van der Waals surface area contributed by atoms with Crippen molar-refractivity contribution in [1.82, 2.24) is 0 Å². The van der Waals surface area contributed by atoms with Gasteiger partial charge >= 0.3 is 0 Å². The van der Waals surface area contributed by atoms with Gasteiger partial charge in [0.25, 0.3) is 0 Å². The van der Waals surface area contributed by atoms with Crippen LogP contribution in [0.5, 0.6) is 5.75 Å². The summed E-state index contributed by atoms with van der Waals surface area (Å²) in [5.41, 5.74) is 0.623. The second-order valence-corrected chi connectivity index (χ2v) is 5.40. The van der Waals surface area contributed by atoms with Gasteiger partial charge in [0.05, 0.1) is 11.7 Å². The van der Waals surface area contributed by atoms with Crippen LogP contribution in [-0.2, 0) is 0 Å². The highest BCUT2D eigenvalue weighted by Crippen LogP contribution is 2.27. The predicted octanol–water partition coefficient (Wildman–Crippen LogP) is 4.42. The molecule has 0 spiro atoms. The van der Waals surface area contributed by atoms with Crippen molar-refractivity contribution in [1.29, 1.82) is 5.26 Å². The third-order valence-electron chi connectivity index (χ3n) is 3.16. The van der Waals surface area contributed by atoms with Gasteiger partial charge in [-0.1, -0.05) is 28.8 Å². The van der Waals surface area contributed by atoms with E-state index in [0.717, 1.165) is 17.3 Å². The Kier molecular flexibility index (Phi) is 4.44. The van der Waals surface area contributed by atoms with Crippen LogP contribution in [0.3, 0.4) is 0 Å². The van der Waals surface area contributed by atoms with E-state index in [0.29, 0.717) is 11.3 Å². The summed E-state index contributed by atoms with van der Waals surface area (Å²) in [5, 5.41) is 9.05. The predicted molar refractivity (Wildman–Crippen MR) is 71.0 cm³/mol. The molecule has 0 unspecified atom stereocenters. The van der Waals surface area contributed by atoms with Crippen LogP contribution >= 0.6 is 15.9 Å². The molecule has 2 nitrogen and oxygen atoms in total. The lowest BCUT2D eigenvalue weighted by Crippen LogP contribution is -2.15. The highest BCUT2D eigenvalue weighted by molar-refractivity contribution is 9.10. The third-order valence-corrected chi connectivity index (χ3v) is 3.65. The van der Waals surface area contributed by atoms with E-state index >= 15 is 0 Å². The molecule has 1 aromatic carbocycles. The first-order chi connectivity index (χ1) is 8.29. The van der Waals surface area contributed by atoms with Gasteiger partial charge in [-0.3, -0.25) is 0 Å². The summed E-state index contributed by atoms with van der Waals surface area (Å²) in [7, 11) is 0. The molecule has 0 radical (unpaired) electrons. The monoisotopic (exact) mass is 293 g/mol. The number of ether oxygens (including phenoxy) is 1. The van der Waals surface area contributed by atoms with Crippen molar-refractivity contribution in [3.8, 4) is 11.8 Å². The molecular formula is C14H16BrNO. The number of nitriles is 1. The van der Waals surface area contributed by atoms with E-state index in [2.05, 4.69) is 22.0 Å². The van der Waals surface area contributed by atoms with Gasteiger partial charge in [-0.25, -0.2) is 0 Å². The van der Waals surface area contributed by atoms with Crippen molar-refractivity contribution in [2.75, 3.05) is 0 Å². The molecule has 0 aromatic heterocycles. The Morgan fingerprint density at radius 3 is 2.53 bits per heavy atom. The van der Waals surface area contributed by atoms with E-state index in [4.69, 9.17) is 10.00 Å². The van der Waals surface area contributed by atoms with Gasteiger partial charge in [0.2, 0.25) is 0 Å². The van der Waals surface area contributed by atoms with Crippen LogP contribution in [0.25, 0.3) is 0 Å². The molecule has 0 atom stereocenters. The topological polar surface area (TPSA) is 33.0 Å². The normalized spacial score (nSPS) is 17.2. The summed E-state index contributed by atoms with van der Waals surface area (Å²) >= 11 is 3.42. The molecule has 1 aliphatic rings. The van der Waals surface area contributed by atoms with Crippen LogP contribution in [0.2, 0.25) is 0 Å². The van der Waals surface area contributed by atoms with Crippen molar-refractivity contribution >= 4 is 15.9 Å². The molecular weight excluding hydrogens is 278 g/mol. The van der Waals surface area contributed by atoms with Crippen LogP contribution in [-0.4, -0.2) is 6.10 Å². The fourth-order valence-corrected chi connectivity index (χ4v) is 2.57. The zero-order valence-electron chi connectivity index (χ0n) is 9.79. The first kappa shape index (κ1) is 12.4.